The van der Waals surface area contributed by atoms with E-state index in [4.69, 9.17) is 9.47 Å². The van der Waals surface area contributed by atoms with Gasteiger partial charge in [-0.2, -0.15) is 0 Å². The first-order chi connectivity index (χ1) is 9.72. The van der Waals surface area contributed by atoms with Crippen LogP contribution in [0.5, 0.6) is 5.75 Å². The highest BCUT2D eigenvalue weighted by Gasteiger charge is 2.41. The lowest BCUT2D eigenvalue weighted by Gasteiger charge is -2.18. The lowest BCUT2D eigenvalue weighted by molar-refractivity contribution is -0.131. The third-order valence-electron chi connectivity index (χ3n) is 4.10. The van der Waals surface area contributed by atoms with Crippen LogP contribution in [-0.2, 0) is 9.53 Å². The number of carbonyl (C=O) groups excluding carboxylic acids is 1. The number of rotatable bonds is 4. The number of amides is 1. The van der Waals surface area contributed by atoms with Crippen molar-refractivity contribution in [2.45, 2.75) is 32.0 Å². The molecule has 3 atom stereocenters. The van der Waals surface area contributed by atoms with Crippen LogP contribution in [0.4, 0.5) is 0 Å². The molecule has 1 amide bonds. The molecule has 2 saturated heterocycles. The first-order valence-corrected chi connectivity index (χ1v) is 7.33. The van der Waals surface area contributed by atoms with Gasteiger partial charge in [0.2, 0.25) is 5.91 Å². The van der Waals surface area contributed by atoms with Crippen molar-refractivity contribution < 1.29 is 14.3 Å². The Morgan fingerprint density at radius 1 is 1.35 bits per heavy atom. The van der Waals surface area contributed by atoms with Crippen LogP contribution in [0.25, 0.3) is 0 Å². The molecule has 0 aromatic heterocycles. The molecule has 20 heavy (non-hydrogen) atoms. The van der Waals surface area contributed by atoms with E-state index in [-0.39, 0.29) is 12.0 Å². The molecule has 2 fully saturated rings. The monoisotopic (exact) mass is 275 g/mol. The Bertz CT molecular complexity index is 448. The summed E-state index contributed by atoms with van der Waals surface area (Å²) < 4.78 is 11.4. The van der Waals surface area contributed by atoms with Gasteiger partial charge < -0.3 is 14.4 Å². The predicted molar refractivity (Wildman–Crippen MR) is 75.6 cm³/mol. The molecule has 0 radical (unpaired) electrons. The van der Waals surface area contributed by atoms with Gasteiger partial charge in [-0.25, -0.2) is 0 Å². The number of ether oxygens (including phenoxy) is 2. The third-order valence-corrected chi connectivity index (χ3v) is 4.10. The van der Waals surface area contributed by atoms with Gasteiger partial charge >= 0.3 is 0 Å². The molecule has 1 aromatic carbocycles. The lowest BCUT2D eigenvalue weighted by Crippen LogP contribution is -2.32. The second kappa shape index (κ2) is 5.83. The summed E-state index contributed by atoms with van der Waals surface area (Å²) in [6, 6.07) is 9.61. The van der Waals surface area contributed by atoms with Gasteiger partial charge in [-0.15, -0.1) is 0 Å². The summed E-state index contributed by atoms with van der Waals surface area (Å²) in [5, 5.41) is 0. The Morgan fingerprint density at radius 2 is 2.15 bits per heavy atom. The molecule has 108 valence electrons. The molecule has 2 heterocycles. The van der Waals surface area contributed by atoms with Crippen molar-refractivity contribution in [3.05, 3.63) is 30.3 Å². The summed E-state index contributed by atoms with van der Waals surface area (Å²) in [6.07, 6.45) is 2.12. The van der Waals surface area contributed by atoms with Crippen LogP contribution in [0, 0.1) is 5.92 Å². The quantitative estimate of drug-likeness (QED) is 0.844. The van der Waals surface area contributed by atoms with Gasteiger partial charge in [-0.1, -0.05) is 18.2 Å². The number of para-hydroxylation sites is 1. The van der Waals surface area contributed by atoms with E-state index in [9.17, 15) is 4.79 Å². The largest absolute Gasteiger partial charge is 0.493 e. The number of nitrogens with zero attached hydrogens (tertiary/aromatic N) is 1. The van der Waals surface area contributed by atoms with Crippen molar-refractivity contribution in [2.75, 3.05) is 19.7 Å². The highest BCUT2D eigenvalue weighted by molar-refractivity contribution is 5.76. The fraction of sp³-hybridized carbons (Fsp3) is 0.562. The zero-order valence-electron chi connectivity index (χ0n) is 11.8. The standard InChI is InChI=1S/C16H21NO3/c1-12-9-13-10-17(11-15(13)20-12)16(18)7-8-19-14-5-3-2-4-6-14/h2-6,12-13,15H,7-11H2,1H3/t12-,13+,15-/m1/s1. The van der Waals surface area contributed by atoms with E-state index in [1.807, 2.05) is 35.2 Å². The zero-order chi connectivity index (χ0) is 13.9. The Hall–Kier alpha value is -1.55. The Kier molecular flexibility index (Phi) is 3.92. The van der Waals surface area contributed by atoms with Gasteiger partial charge in [0.1, 0.15) is 5.75 Å². The SMILES string of the molecule is C[C@@H]1C[C@H]2CN(C(=O)CCOc3ccccc3)C[C@H]2O1. The molecular weight excluding hydrogens is 254 g/mol. The van der Waals surface area contributed by atoms with Crippen molar-refractivity contribution in [1.29, 1.82) is 0 Å². The van der Waals surface area contributed by atoms with Crippen LogP contribution >= 0.6 is 0 Å². The van der Waals surface area contributed by atoms with Crippen LogP contribution in [0.3, 0.4) is 0 Å². The zero-order valence-corrected chi connectivity index (χ0v) is 11.8. The Labute approximate surface area is 119 Å². The maximum atomic E-state index is 12.1. The number of hydrogen-bond donors (Lipinski definition) is 0. The second-order valence-electron chi connectivity index (χ2n) is 5.69. The number of likely N-dealkylation sites (tertiary alicyclic amines) is 1. The maximum Gasteiger partial charge on any atom is 0.226 e. The van der Waals surface area contributed by atoms with E-state index in [2.05, 4.69) is 6.92 Å². The summed E-state index contributed by atoms with van der Waals surface area (Å²) in [5.74, 6) is 1.52. The summed E-state index contributed by atoms with van der Waals surface area (Å²) >= 11 is 0. The fourth-order valence-corrected chi connectivity index (χ4v) is 3.14. The van der Waals surface area contributed by atoms with Crippen molar-refractivity contribution in [3.8, 4) is 5.75 Å². The molecule has 0 unspecified atom stereocenters. The minimum Gasteiger partial charge on any atom is -0.493 e. The molecule has 1 aromatic rings. The number of hydrogen-bond acceptors (Lipinski definition) is 3. The van der Waals surface area contributed by atoms with E-state index < -0.39 is 0 Å². The molecule has 0 bridgehead atoms. The first kappa shape index (κ1) is 13.4. The van der Waals surface area contributed by atoms with Crippen molar-refractivity contribution >= 4 is 5.91 Å². The van der Waals surface area contributed by atoms with Crippen molar-refractivity contribution in [3.63, 3.8) is 0 Å². The second-order valence-corrected chi connectivity index (χ2v) is 5.69. The van der Waals surface area contributed by atoms with Gasteiger partial charge in [0, 0.05) is 19.0 Å². The smallest absolute Gasteiger partial charge is 0.226 e. The lowest BCUT2D eigenvalue weighted by atomic mass is 10.0. The number of benzene rings is 1. The number of carbonyl (C=O) groups is 1. The van der Waals surface area contributed by atoms with E-state index in [0.717, 1.165) is 25.3 Å². The number of fused-ring (bicyclic) bond motifs is 1. The fourth-order valence-electron chi connectivity index (χ4n) is 3.14. The maximum absolute atomic E-state index is 12.1. The van der Waals surface area contributed by atoms with E-state index >= 15 is 0 Å². The van der Waals surface area contributed by atoms with Gasteiger partial charge in [0.05, 0.1) is 25.2 Å². The van der Waals surface area contributed by atoms with E-state index in [1.54, 1.807) is 0 Å². The first-order valence-electron chi connectivity index (χ1n) is 7.33. The van der Waals surface area contributed by atoms with Gasteiger partial charge in [-0.3, -0.25) is 4.79 Å². The van der Waals surface area contributed by atoms with Gasteiger partial charge in [0.25, 0.3) is 0 Å². The van der Waals surface area contributed by atoms with Gasteiger partial charge in [0.15, 0.2) is 0 Å². The average Bonchev–Trinajstić information content (AvgIpc) is 2.97. The van der Waals surface area contributed by atoms with Crippen LogP contribution in [0.2, 0.25) is 0 Å². The highest BCUT2D eigenvalue weighted by atomic mass is 16.5. The van der Waals surface area contributed by atoms with Crippen LogP contribution in [0.15, 0.2) is 30.3 Å². The molecular formula is C16H21NO3. The van der Waals surface area contributed by atoms with Crippen LogP contribution < -0.4 is 4.74 Å². The molecule has 4 heteroatoms. The molecule has 0 saturated carbocycles. The van der Waals surface area contributed by atoms with Crippen molar-refractivity contribution in [2.24, 2.45) is 5.92 Å². The van der Waals surface area contributed by atoms with E-state index in [1.165, 1.54) is 0 Å². The Morgan fingerprint density at radius 3 is 2.90 bits per heavy atom. The van der Waals surface area contributed by atoms with Crippen molar-refractivity contribution in [1.82, 2.24) is 4.90 Å². The van der Waals surface area contributed by atoms with E-state index in [0.29, 0.717) is 25.0 Å². The molecule has 0 aliphatic carbocycles. The highest BCUT2D eigenvalue weighted by Crippen LogP contribution is 2.32. The van der Waals surface area contributed by atoms with Crippen LogP contribution in [-0.4, -0.2) is 42.7 Å². The third kappa shape index (κ3) is 2.96. The molecule has 4 nitrogen and oxygen atoms in total. The summed E-state index contributed by atoms with van der Waals surface area (Å²) in [5.41, 5.74) is 0. The topological polar surface area (TPSA) is 38.8 Å². The normalized spacial score (nSPS) is 28.4. The summed E-state index contributed by atoms with van der Waals surface area (Å²) in [4.78, 5) is 14.1. The van der Waals surface area contributed by atoms with Gasteiger partial charge in [-0.05, 0) is 25.5 Å². The summed E-state index contributed by atoms with van der Waals surface area (Å²) in [7, 11) is 0. The average molecular weight is 275 g/mol. The van der Waals surface area contributed by atoms with Crippen LogP contribution in [0.1, 0.15) is 19.8 Å². The Balaban J connectivity index is 1.42. The molecule has 3 rings (SSSR count). The predicted octanol–water partition coefficient (Wildman–Crippen LogP) is 2.09. The molecule has 0 N–H and O–H groups in total. The minimum absolute atomic E-state index is 0.173. The molecule has 2 aliphatic rings. The molecule has 0 spiro atoms. The summed E-state index contributed by atoms with van der Waals surface area (Å²) in [6.45, 7) is 4.14. The molecule has 2 aliphatic heterocycles. The minimum atomic E-state index is 0.173.